The number of carbonyl (C=O) groups excluding carboxylic acids is 4. The Hall–Kier alpha value is -5.00. The first-order valence-electron chi connectivity index (χ1n) is 16.6. The van der Waals surface area contributed by atoms with Crippen LogP contribution < -0.4 is 4.90 Å². The highest BCUT2D eigenvalue weighted by Gasteiger charge is 2.24. The summed E-state index contributed by atoms with van der Waals surface area (Å²) in [5.41, 5.74) is 3.56. The van der Waals surface area contributed by atoms with Crippen molar-refractivity contribution in [3.05, 3.63) is 71.8 Å². The fraction of sp³-hybridized carbons (Fsp3) is 0.441. The molecule has 0 radical (unpaired) electrons. The average Bonchev–Trinajstić information content (AvgIpc) is 3.63. The van der Waals surface area contributed by atoms with Gasteiger partial charge in [-0.1, -0.05) is 29.5 Å². The number of phosphoric ester groups is 1. The molecule has 0 fully saturated rings. The second-order valence-electron chi connectivity index (χ2n) is 11.2. The van der Waals surface area contributed by atoms with E-state index in [4.69, 9.17) is 18.7 Å². The number of esters is 2. The zero-order valence-electron chi connectivity index (χ0n) is 29.3. The van der Waals surface area contributed by atoms with Gasteiger partial charge in [-0.3, -0.25) is 37.9 Å². The van der Waals surface area contributed by atoms with Crippen molar-refractivity contribution in [1.82, 2.24) is 20.0 Å². The van der Waals surface area contributed by atoms with Crippen molar-refractivity contribution in [1.29, 1.82) is 0 Å². The average molecular weight is 762 g/mol. The van der Waals surface area contributed by atoms with Gasteiger partial charge in [-0.15, -0.1) is 5.10 Å². The van der Waals surface area contributed by atoms with E-state index in [1.807, 2.05) is 49.5 Å². The number of likely N-dealkylation sites (N-methyl/N-ethyl adjacent to an activating group) is 1. The van der Waals surface area contributed by atoms with Crippen LogP contribution >= 0.6 is 7.82 Å². The third kappa shape index (κ3) is 18.4. The minimum absolute atomic E-state index is 0.00160. The lowest BCUT2D eigenvalue weighted by Gasteiger charge is -2.19. The number of phosphoric acid groups is 1. The second-order valence-corrected chi connectivity index (χ2v) is 12.6. The first-order valence-corrected chi connectivity index (χ1v) is 18.1. The van der Waals surface area contributed by atoms with Crippen molar-refractivity contribution in [2.24, 2.45) is 0 Å². The van der Waals surface area contributed by atoms with Crippen LogP contribution in [-0.4, -0.2) is 109 Å². The molecule has 0 saturated heterocycles. The summed E-state index contributed by atoms with van der Waals surface area (Å²) in [7, 11) is -2.51. The van der Waals surface area contributed by atoms with Crippen LogP contribution in [0.3, 0.4) is 0 Å². The number of pyridine rings is 1. The summed E-state index contributed by atoms with van der Waals surface area (Å²) in [4.78, 5) is 60.7. The van der Waals surface area contributed by atoms with Gasteiger partial charge >= 0.3 is 19.8 Å². The molecule has 0 aliphatic heterocycles. The number of ether oxygens (including phenoxy) is 5. The van der Waals surface area contributed by atoms with Gasteiger partial charge in [-0.2, -0.15) is 0 Å². The van der Waals surface area contributed by atoms with Crippen LogP contribution in [0.15, 0.2) is 54.9 Å². The van der Waals surface area contributed by atoms with Crippen LogP contribution in [0.5, 0.6) is 0 Å². The Balaban J connectivity index is 1.18. The molecule has 3 rings (SSSR count). The van der Waals surface area contributed by atoms with Gasteiger partial charge in [0.2, 0.25) is 0 Å². The predicted molar refractivity (Wildman–Crippen MR) is 188 cm³/mol. The van der Waals surface area contributed by atoms with E-state index in [-0.39, 0.29) is 71.8 Å². The summed E-state index contributed by atoms with van der Waals surface area (Å²) in [5.74, 6) is -0.978. The van der Waals surface area contributed by atoms with Gasteiger partial charge < -0.3 is 33.5 Å². The van der Waals surface area contributed by atoms with E-state index in [0.717, 1.165) is 16.9 Å². The van der Waals surface area contributed by atoms with Crippen molar-refractivity contribution in [3.63, 3.8) is 0 Å². The van der Waals surface area contributed by atoms with Crippen molar-refractivity contribution in [3.8, 4) is 0 Å². The molecule has 18 nitrogen and oxygen atoms in total. The number of nitrogens with zero attached hydrogens (tertiary/aromatic N) is 5. The summed E-state index contributed by atoms with van der Waals surface area (Å²) < 4.78 is 47.7. The normalized spacial score (nSPS) is 12.8. The largest absolute Gasteiger partial charge is 0.472 e. The van der Waals surface area contributed by atoms with Crippen LogP contribution in [-0.2, 0) is 69.6 Å². The molecule has 0 aliphatic carbocycles. The van der Waals surface area contributed by atoms with Gasteiger partial charge in [-0.25, -0.2) is 4.57 Å². The molecule has 0 amide bonds. The van der Waals surface area contributed by atoms with Crippen molar-refractivity contribution >= 4 is 50.5 Å². The highest BCUT2D eigenvalue weighted by molar-refractivity contribution is 7.47. The quantitative estimate of drug-likeness (QED) is 0.0370. The number of rotatable bonds is 28. The molecule has 1 aromatic carbocycles. The molecule has 3 aromatic rings. The molecule has 288 valence electrons. The zero-order valence-corrected chi connectivity index (χ0v) is 30.2. The molecule has 2 unspecified atom stereocenters. The molecule has 1 N–H and O–H groups in total. The zero-order chi connectivity index (χ0) is 38.2. The van der Waals surface area contributed by atoms with Gasteiger partial charge in [-0.05, 0) is 48.7 Å². The Morgan fingerprint density at radius 1 is 0.925 bits per heavy atom. The van der Waals surface area contributed by atoms with E-state index < -0.39 is 32.5 Å². The first kappa shape index (κ1) is 42.4. The predicted octanol–water partition coefficient (Wildman–Crippen LogP) is 2.99. The highest BCUT2D eigenvalue weighted by Crippen LogP contribution is 2.43. The number of hydrogen-bond acceptors (Lipinski definition) is 16. The Bertz CT molecular complexity index is 1610. The first-order chi connectivity index (χ1) is 25.7. The van der Waals surface area contributed by atoms with E-state index >= 15 is 0 Å². The Kier molecular flexibility index (Phi) is 19.4. The smallest absolute Gasteiger partial charge is 0.464 e. The van der Waals surface area contributed by atoms with Crippen molar-refractivity contribution < 1.29 is 61.4 Å². The van der Waals surface area contributed by atoms with Crippen LogP contribution in [0.4, 0.5) is 5.69 Å². The maximum atomic E-state index is 12.1. The number of anilines is 1. The molecule has 0 saturated carbocycles. The Morgan fingerprint density at radius 2 is 1.70 bits per heavy atom. The number of carbonyl (C=O) groups is 4. The summed E-state index contributed by atoms with van der Waals surface area (Å²) in [6, 6.07) is 14.0. The number of hydrogen-bond donors (Lipinski definition) is 1. The molecule has 2 aromatic heterocycles. The summed E-state index contributed by atoms with van der Waals surface area (Å²) in [6.07, 6.45) is 6.89. The third-order valence-corrected chi connectivity index (χ3v) is 8.05. The Labute approximate surface area is 306 Å². The minimum atomic E-state index is -4.50. The molecule has 0 spiro atoms. The second kappa shape index (κ2) is 24.3. The third-order valence-electron chi connectivity index (χ3n) is 7.06. The summed E-state index contributed by atoms with van der Waals surface area (Å²) in [5, 5.41) is 8.20. The molecule has 2 atom stereocenters. The van der Waals surface area contributed by atoms with Crippen molar-refractivity contribution in [2.45, 2.75) is 44.9 Å². The van der Waals surface area contributed by atoms with E-state index in [2.05, 4.69) is 46.3 Å². The maximum Gasteiger partial charge on any atom is 0.472 e. The van der Waals surface area contributed by atoms with Crippen LogP contribution in [0, 0.1) is 0 Å². The summed E-state index contributed by atoms with van der Waals surface area (Å²) in [6.45, 7) is 0.595. The molecule has 0 bridgehead atoms. The molecular weight excluding hydrogens is 717 g/mol. The van der Waals surface area contributed by atoms with E-state index in [0.29, 0.717) is 25.2 Å². The number of aromatic nitrogens is 4. The van der Waals surface area contributed by atoms with Gasteiger partial charge in [0.1, 0.15) is 25.5 Å². The monoisotopic (exact) mass is 761 g/mol. The molecule has 53 heavy (non-hydrogen) atoms. The van der Waals surface area contributed by atoms with Crippen LogP contribution in [0.2, 0.25) is 0 Å². The van der Waals surface area contributed by atoms with E-state index in [1.165, 1.54) is 0 Å². The lowest BCUT2D eigenvalue weighted by Crippen LogP contribution is -2.24. The van der Waals surface area contributed by atoms with Gasteiger partial charge in [0, 0.05) is 44.9 Å². The molecular formula is C34H44N5O13P. The lowest BCUT2D eigenvalue weighted by molar-refractivity contribution is -0.145. The number of benzene rings is 1. The lowest BCUT2D eigenvalue weighted by atomic mass is 10.1. The molecule has 19 heteroatoms. The van der Waals surface area contributed by atoms with Gasteiger partial charge in [0.05, 0.1) is 38.3 Å². The van der Waals surface area contributed by atoms with Crippen molar-refractivity contribution in [2.75, 3.05) is 58.1 Å². The fourth-order valence-corrected chi connectivity index (χ4v) is 5.08. The van der Waals surface area contributed by atoms with Gasteiger partial charge in [0.25, 0.3) is 12.9 Å². The minimum Gasteiger partial charge on any atom is -0.464 e. The highest BCUT2D eigenvalue weighted by atomic mass is 31.2. The molecule has 2 heterocycles. The topological polar surface area (TPSA) is 217 Å². The van der Waals surface area contributed by atoms with Crippen LogP contribution in [0.1, 0.15) is 42.6 Å². The standard InChI is InChI=1S/C34H44N5O13P/c1-38(31-13-10-28(11-14-31)9-12-29-6-2-3-15-35-29)16-17-39-22-30(36-37-39)23-49-34(43)7-4-18-46-20-21-48-33(42)8-5-19-51-53(44,45)52-25-32(50-27-41)24-47-26-40/h2-3,6,9-15,22,26-27,32H,4-5,7-8,16-21,23-25H2,1H3,(H,44,45)/b12-9+. The van der Waals surface area contributed by atoms with E-state index in [1.54, 1.807) is 17.1 Å². The summed E-state index contributed by atoms with van der Waals surface area (Å²) >= 11 is 0. The fourth-order valence-electron chi connectivity index (χ4n) is 4.29. The van der Waals surface area contributed by atoms with E-state index in [9.17, 15) is 28.6 Å². The van der Waals surface area contributed by atoms with Crippen LogP contribution in [0.25, 0.3) is 12.2 Å². The maximum absolute atomic E-state index is 12.1. The van der Waals surface area contributed by atoms with Gasteiger partial charge in [0.15, 0.2) is 6.10 Å². The SMILES string of the molecule is CN(CCn1cc(COC(=O)CCCOCCOC(=O)CCCOP(=O)(O)OCC(COC=O)OC=O)nn1)c1ccc(/C=C/c2ccccn2)cc1. The molecule has 0 aliphatic rings. The Morgan fingerprint density at radius 3 is 2.43 bits per heavy atom.